The van der Waals surface area contributed by atoms with Crippen molar-refractivity contribution in [1.29, 1.82) is 0 Å². The van der Waals surface area contributed by atoms with Gasteiger partial charge in [0.2, 0.25) is 0 Å². The van der Waals surface area contributed by atoms with Gasteiger partial charge in [0.05, 0.1) is 13.2 Å². The van der Waals surface area contributed by atoms with E-state index in [2.05, 4.69) is 10.0 Å². The molecule has 0 spiro atoms. The molecule has 0 atom stereocenters. The van der Waals surface area contributed by atoms with Crippen molar-refractivity contribution >= 4 is 10.2 Å². The molecule has 0 radical (unpaired) electrons. The van der Waals surface area contributed by atoms with Crippen LogP contribution in [0, 0.1) is 0 Å². The largest absolute Gasteiger partial charge is 0.383 e. The van der Waals surface area contributed by atoms with Gasteiger partial charge in [-0.2, -0.15) is 12.7 Å². The van der Waals surface area contributed by atoms with E-state index in [1.54, 1.807) is 7.11 Å². The Kier molecular flexibility index (Phi) is 9.60. The molecule has 0 aliphatic carbocycles. The molecule has 17 heavy (non-hydrogen) atoms. The van der Waals surface area contributed by atoms with Crippen molar-refractivity contribution in [2.24, 2.45) is 0 Å². The molecule has 0 fully saturated rings. The Morgan fingerprint density at radius 2 is 1.71 bits per heavy atom. The van der Waals surface area contributed by atoms with Crippen molar-refractivity contribution in [3.63, 3.8) is 0 Å². The van der Waals surface area contributed by atoms with Crippen molar-refractivity contribution in [3.8, 4) is 0 Å². The third-order valence-electron chi connectivity index (χ3n) is 2.09. The van der Waals surface area contributed by atoms with Gasteiger partial charge in [-0.3, -0.25) is 0 Å². The van der Waals surface area contributed by atoms with Crippen LogP contribution in [0.3, 0.4) is 0 Å². The fraction of sp³-hybridized carbons (Fsp3) is 1.00. The molecule has 0 amide bonds. The lowest BCUT2D eigenvalue weighted by Crippen LogP contribution is -2.42. The molecule has 0 aromatic rings. The molecule has 0 aromatic carbocycles. The van der Waals surface area contributed by atoms with Crippen LogP contribution in [0.1, 0.15) is 0 Å². The Morgan fingerprint density at radius 1 is 1.06 bits per heavy atom. The Hall–Kier alpha value is -0.250. The zero-order valence-corrected chi connectivity index (χ0v) is 11.5. The maximum atomic E-state index is 11.6. The maximum Gasteiger partial charge on any atom is 0.279 e. The number of likely N-dealkylation sites (N-methyl/N-ethyl adjacent to an activating group) is 1. The lowest BCUT2D eigenvalue weighted by Gasteiger charge is -2.17. The normalized spacial score (nSPS) is 12.2. The summed E-state index contributed by atoms with van der Waals surface area (Å²) in [6.45, 7) is 2.95. The number of nitrogens with one attached hydrogen (secondary N) is 2. The molecule has 0 aliphatic rings. The van der Waals surface area contributed by atoms with Crippen LogP contribution in [-0.2, 0) is 19.7 Å². The number of ether oxygens (including phenoxy) is 2. The predicted octanol–water partition coefficient (Wildman–Crippen LogP) is -1.36. The van der Waals surface area contributed by atoms with Crippen LogP contribution in [0.4, 0.5) is 0 Å². The lowest BCUT2D eigenvalue weighted by molar-refractivity contribution is 0.184. The Bertz CT molecular complexity index is 271. The average Bonchev–Trinajstić information content (AvgIpc) is 2.30. The number of nitrogens with zero attached hydrogens (tertiary/aromatic N) is 1. The van der Waals surface area contributed by atoms with Gasteiger partial charge in [-0.05, 0) is 0 Å². The Labute approximate surface area is 104 Å². The van der Waals surface area contributed by atoms with Crippen LogP contribution in [-0.4, -0.2) is 73.4 Å². The minimum atomic E-state index is -3.39. The second-order valence-electron chi connectivity index (χ2n) is 3.46. The summed E-state index contributed by atoms with van der Waals surface area (Å²) in [7, 11) is 1.28. The van der Waals surface area contributed by atoms with Gasteiger partial charge in [-0.1, -0.05) is 0 Å². The molecule has 0 aromatic heterocycles. The minimum Gasteiger partial charge on any atom is -0.383 e. The number of rotatable bonds is 11. The van der Waals surface area contributed by atoms with Crippen molar-refractivity contribution in [2.45, 2.75) is 0 Å². The van der Waals surface area contributed by atoms with E-state index in [1.807, 2.05) is 0 Å². The predicted molar refractivity (Wildman–Crippen MR) is 66.2 cm³/mol. The summed E-state index contributed by atoms with van der Waals surface area (Å²) in [5, 5.41) is 3.05. The van der Waals surface area contributed by atoms with Crippen molar-refractivity contribution < 1.29 is 17.9 Å². The first-order chi connectivity index (χ1) is 8.04. The van der Waals surface area contributed by atoms with Crippen LogP contribution >= 0.6 is 0 Å². The van der Waals surface area contributed by atoms with E-state index in [-0.39, 0.29) is 0 Å². The highest BCUT2D eigenvalue weighted by Crippen LogP contribution is 1.92. The van der Waals surface area contributed by atoms with Crippen molar-refractivity contribution in [3.05, 3.63) is 0 Å². The molecule has 7 nitrogen and oxygen atoms in total. The van der Waals surface area contributed by atoms with Gasteiger partial charge in [0.15, 0.2) is 0 Å². The number of hydrogen-bond donors (Lipinski definition) is 2. The van der Waals surface area contributed by atoms with E-state index in [9.17, 15) is 8.42 Å². The van der Waals surface area contributed by atoms with Gasteiger partial charge in [0, 0.05) is 47.4 Å². The highest BCUT2D eigenvalue weighted by Gasteiger charge is 2.15. The fourth-order valence-electron chi connectivity index (χ4n) is 1.02. The third kappa shape index (κ3) is 8.47. The van der Waals surface area contributed by atoms with Gasteiger partial charge in [-0.15, -0.1) is 0 Å². The molecule has 0 aliphatic heterocycles. The number of methoxy groups -OCH3 is 2. The summed E-state index contributed by atoms with van der Waals surface area (Å²) < 4.78 is 36.6. The van der Waals surface area contributed by atoms with Gasteiger partial charge < -0.3 is 14.8 Å². The second kappa shape index (κ2) is 9.75. The zero-order valence-electron chi connectivity index (χ0n) is 10.7. The second-order valence-corrected chi connectivity index (χ2v) is 5.32. The number of hydrogen-bond acceptors (Lipinski definition) is 5. The van der Waals surface area contributed by atoms with Gasteiger partial charge in [0.25, 0.3) is 10.2 Å². The summed E-state index contributed by atoms with van der Waals surface area (Å²) in [4.78, 5) is 0. The molecule has 0 saturated heterocycles. The first-order valence-corrected chi connectivity index (χ1v) is 6.88. The molecular weight excluding hydrogens is 246 g/mol. The van der Waals surface area contributed by atoms with Gasteiger partial charge in [-0.25, -0.2) is 4.72 Å². The summed E-state index contributed by atoms with van der Waals surface area (Å²) in [5.74, 6) is 0. The van der Waals surface area contributed by atoms with Crippen LogP contribution < -0.4 is 10.0 Å². The van der Waals surface area contributed by atoms with E-state index in [4.69, 9.17) is 9.47 Å². The molecule has 0 rings (SSSR count). The smallest absolute Gasteiger partial charge is 0.279 e. The van der Waals surface area contributed by atoms with Crippen molar-refractivity contribution in [2.75, 3.05) is 60.7 Å². The first-order valence-electron chi connectivity index (χ1n) is 5.44. The summed E-state index contributed by atoms with van der Waals surface area (Å²) in [6.07, 6.45) is 0. The summed E-state index contributed by atoms with van der Waals surface area (Å²) in [5.41, 5.74) is 0. The molecule has 0 unspecified atom stereocenters. The molecule has 8 heteroatoms. The molecular formula is C9H23N3O4S. The van der Waals surface area contributed by atoms with Crippen LogP contribution in [0.15, 0.2) is 0 Å². The van der Waals surface area contributed by atoms with Crippen LogP contribution in [0.2, 0.25) is 0 Å². The van der Waals surface area contributed by atoms with Crippen LogP contribution in [0.5, 0.6) is 0 Å². The van der Waals surface area contributed by atoms with E-state index in [0.717, 1.165) is 0 Å². The zero-order chi connectivity index (χ0) is 13.1. The van der Waals surface area contributed by atoms with Crippen LogP contribution in [0.25, 0.3) is 0 Å². The highest BCUT2D eigenvalue weighted by molar-refractivity contribution is 7.87. The quantitative estimate of drug-likeness (QED) is 0.453. The van der Waals surface area contributed by atoms with E-state index in [0.29, 0.717) is 39.4 Å². The molecule has 0 bridgehead atoms. The first kappa shape index (κ1) is 16.8. The van der Waals surface area contributed by atoms with E-state index >= 15 is 0 Å². The average molecular weight is 269 g/mol. The summed E-state index contributed by atoms with van der Waals surface area (Å²) >= 11 is 0. The van der Waals surface area contributed by atoms with Gasteiger partial charge in [0.1, 0.15) is 0 Å². The SMILES string of the molecule is COCCNCCNS(=O)(=O)N(C)CCOC. The minimum absolute atomic E-state index is 0.336. The molecule has 104 valence electrons. The lowest BCUT2D eigenvalue weighted by atomic mass is 10.6. The van der Waals surface area contributed by atoms with Gasteiger partial charge >= 0.3 is 0 Å². The standard InChI is InChI=1S/C9H23N3O4S/c1-12(7-9-16-3)17(13,14)11-5-4-10-6-8-15-2/h10-11H,4-9H2,1-3H3. The Morgan fingerprint density at radius 3 is 2.29 bits per heavy atom. The Balaban J connectivity index is 3.70. The van der Waals surface area contributed by atoms with E-state index < -0.39 is 10.2 Å². The topological polar surface area (TPSA) is 79.9 Å². The molecule has 0 saturated carbocycles. The molecule has 2 N–H and O–H groups in total. The third-order valence-corrected chi connectivity index (χ3v) is 3.66. The summed E-state index contributed by atoms with van der Waals surface area (Å²) in [6, 6.07) is 0. The van der Waals surface area contributed by atoms with E-state index in [1.165, 1.54) is 18.5 Å². The monoisotopic (exact) mass is 269 g/mol. The fourth-order valence-corrected chi connectivity index (χ4v) is 1.91. The molecule has 0 heterocycles. The highest BCUT2D eigenvalue weighted by atomic mass is 32.2. The maximum absolute atomic E-state index is 11.6. The van der Waals surface area contributed by atoms with Crippen molar-refractivity contribution in [1.82, 2.24) is 14.3 Å².